The number of aromatic nitrogens is 1. The summed E-state index contributed by atoms with van der Waals surface area (Å²) in [6.07, 6.45) is 0. The van der Waals surface area contributed by atoms with E-state index < -0.39 is 0 Å². The molecular formula is C13H11BrN2OS. The highest BCUT2D eigenvalue weighted by Gasteiger charge is 2.03. The molecule has 0 aliphatic rings. The Morgan fingerprint density at radius 3 is 2.83 bits per heavy atom. The first kappa shape index (κ1) is 11.9. The zero-order valence-electron chi connectivity index (χ0n) is 9.52. The van der Waals surface area contributed by atoms with Crippen molar-refractivity contribution in [2.24, 2.45) is 0 Å². The van der Waals surface area contributed by atoms with E-state index in [0.29, 0.717) is 6.54 Å². The van der Waals surface area contributed by atoms with Gasteiger partial charge in [0.2, 0.25) is 0 Å². The van der Waals surface area contributed by atoms with Gasteiger partial charge in [-0.05, 0) is 40.2 Å². The van der Waals surface area contributed by atoms with Crippen LogP contribution in [0.15, 0.2) is 45.5 Å². The second-order valence-corrected chi connectivity index (χ2v) is 5.78. The van der Waals surface area contributed by atoms with Gasteiger partial charge in [-0.15, -0.1) is 11.3 Å². The van der Waals surface area contributed by atoms with Crippen LogP contribution >= 0.6 is 27.3 Å². The maximum absolute atomic E-state index is 5.42. The van der Waals surface area contributed by atoms with Gasteiger partial charge in [0, 0.05) is 6.54 Å². The Bertz CT molecular complexity index is 629. The number of thiazole rings is 1. The van der Waals surface area contributed by atoms with Gasteiger partial charge in [0.1, 0.15) is 10.8 Å². The summed E-state index contributed by atoms with van der Waals surface area (Å²) in [6, 6.07) is 12.0. The Morgan fingerprint density at radius 2 is 2.06 bits per heavy atom. The molecule has 0 amide bonds. The molecule has 0 spiro atoms. The van der Waals surface area contributed by atoms with Crippen molar-refractivity contribution >= 4 is 37.5 Å². The fourth-order valence-electron chi connectivity index (χ4n) is 1.73. The van der Waals surface area contributed by atoms with Crippen molar-refractivity contribution in [2.45, 2.75) is 13.1 Å². The minimum absolute atomic E-state index is 0.710. The molecule has 3 nitrogen and oxygen atoms in total. The molecule has 3 aromatic rings. The topological polar surface area (TPSA) is 38.1 Å². The maximum Gasteiger partial charge on any atom is 0.169 e. The first-order valence-corrected chi connectivity index (χ1v) is 7.21. The first-order valence-electron chi connectivity index (χ1n) is 5.60. The van der Waals surface area contributed by atoms with E-state index in [2.05, 4.69) is 32.3 Å². The van der Waals surface area contributed by atoms with Gasteiger partial charge < -0.3 is 9.73 Å². The molecule has 0 fully saturated rings. The van der Waals surface area contributed by atoms with Crippen LogP contribution in [0.4, 0.5) is 0 Å². The second kappa shape index (κ2) is 5.22. The Balaban J connectivity index is 1.62. The highest BCUT2D eigenvalue weighted by Crippen LogP contribution is 2.21. The molecule has 0 aliphatic carbocycles. The zero-order valence-corrected chi connectivity index (χ0v) is 11.9. The Morgan fingerprint density at radius 1 is 1.17 bits per heavy atom. The lowest BCUT2D eigenvalue weighted by Crippen LogP contribution is -2.11. The molecule has 2 aromatic heterocycles. The van der Waals surface area contributed by atoms with Crippen LogP contribution in [0.25, 0.3) is 10.2 Å². The number of nitrogens with one attached hydrogen (secondary N) is 1. The Kier molecular flexibility index (Phi) is 3.45. The van der Waals surface area contributed by atoms with E-state index in [0.717, 1.165) is 27.5 Å². The van der Waals surface area contributed by atoms with Gasteiger partial charge in [-0.3, -0.25) is 0 Å². The van der Waals surface area contributed by atoms with Gasteiger partial charge in [0.05, 0.1) is 16.8 Å². The van der Waals surface area contributed by atoms with Crippen LogP contribution < -0.4 is 5.32 Å². The molecule has 5 heteroatoms. The van der Waals surface area contributed by atoms with E-state index in [1.807, 2.05) is 30.3 Å². The quantitative estimate of drug-likeness (QED) is 0.790. The van der Waals surface area contributed by atoms with E-state index in [9.17, 15) is 0 Å². The lowest BCUT2D eigenvalue weighted by Gasteiger charge is -1.98. The van der Waals surface area contributed by atoms with Crippen LogP contribution in [0.3, 0.4) is 0 Å². The molecule has 0 saturated carbocycles. The lowest BCUT2D eigenvalue weighted by atomic mass is 10.3. The van der Waals surface area contributed by atoms with Crippen LogP contribution in [-0.4, -0.2) is 4.98 Å². The van der Waals surface area contributed by atoms with E-state index in [-0.39, 0.29) is 0 Å². The zero-order chi connectivity index (χ0) is 12.4. The van der Waals surface area contributed by atoms with Crippen molar-refractivity contribution in [3.8, 4) is 0 Å². The smallest absolute Gasteiger partial charge is 0.169 e. The van der Waals surface area contributed by atoms with Gasteiger partial charge in [-0.1, -0.05) is 12.1 Å². The van der Waals surface area contributed by atoms with Crippen LogP contribution in [0.2, 0.25) is 0 Å². The molecule has 92 valence electrons. The molecule has 0 saturated heterocycles. The summed E-state index contributed by atoms with van der Waals surface area (Å²) in [7, 11) is 0. The number of benzene rings is 1. The summed E-state index contributed by atoms with van der Waals surface area (Å²) in [5, 5.41) is 4.42. The van der Waals surface area contributed by atoms with Crippen LogP contribution in [0.5, 0.6) is 0 Å². The second-order valence-electron chi connectivity index (χ2n) is 3.88. The summed E-state index contributed by atoms with van der Waals surface area (Å²) in [4.78, 5) is 4.57. The molecular weight excluding hydrogens is 312 g/mol. The van der Waals surface area contributed by atoms with E-state index in [1.165, 1.54) is 4.70 Å². The highest BCUT2D eigenvalue weighted by atomic mass is 79.9. The lowest BCUT2D eigenvalue weighted by molar-refractivity contribution is 0.465. The minimum atomic E-state index is 0.710. The highest BCUT2D eigenvalue weighted by molar-refractivity contribution is 9.10. The molecule has 3 rings (SSSR count). The van der Waals surface area contributed by atoms with Gasteiger partial charge in [-0.25, -0.2) is 4.98 Å². The van der Waals surface area contributed by atoms with Crippen molar-refractivity contribution < 1.29 is 4.42 Å². The molecule has 2 heterocycles. The number of hydrogen-bond acceptors (Lipinski definition) is 4. The average molecular weight is 323 g/mol. The van der Waals surface area contributed by atoms with Gasteiger partial charge in [0.25, 0.3) is 0 Å². The number of nitrogens with zero attached hydrogens (tertiary/aromatic N) is 1. The molecule has 0 radical (unpaired) electrons. The van der Waals surface area contributed by atoms with Crippen molar-refractivity contribution in [1.82, 2.24) is 10.3 Å². The van der Waals surface area contributed by atoms with Gasteiger partial charge in [0.15, 0.2) is 4.67 Å². The van der Waals surface area contributed by atoms with Gasteiger partial charge >= 0.3 is 0 Å². The summed E-state index contributed by atoms with van der Waals surface area (Å²) in [6.45, 7) is 1.47. The van der Waals surface area contributed by atoms with Crippen molar-refractivity contribution in [3.05, 3.63) is 51.8 Å². The third-order valence-electron chi connectivity index (χ3n) is 2.54. The Labute approximate surface area is 117 Å². The Hall–Kier alpha value is -1.17. The normalized spacial score (nSPS) is 11.2. The first-order chi connectivity index (χ1) is 8.81. The van der Waals surface area contributed by atoms with Crippen molar-refractivity contribution in [2.75, 3.05) is 0 Å². The average Bonchev–Trinajstić information content (AvgIpc) is 2.95. The third-order valence-corrected chi connectivity index (χ3v) is 4.01. The standard InChI is InChI=1S/C13H11BrN2OS/c14-12-6-5-9(17-12)7-15-8-13-16-10-3-1-2-4-11(10)18-13/h1-6,15H,7-8H2. The molecule has 0 atom stereocenters. The van der Waals surface area contributed by atoms with Crippen LogP contribution in [-0.2, 0) is 13.1 Å². The maximum atomic E-state index is 5.42. The largest absolute Gasteiger partial charge is 0.453 e. The monoisotopic (exact) mass is 322 g/mol. The molecule has 0 unspecified atom stereocenters. The predicted octanol–water partition coefficient (Wildman–Crippen LogP) is 3.94. The van der Waals surface area contributed by atoms with Gasteiger partial charge in [-0.2, -0.15) is 0 Å². The van der Waals surface area contributed by atoms with Crippen molar-refractivity contribution in [1.29, 1.82) is 0 Å². The minimum Gasteiger partial charge on any atom is -0.453 e. The number of fused-ring (bicyclic) bond motifs is 1. The summed E-state index contributed by atoms with van der Waals surface area (Å²) >= 11 is 5.01. The number of hydrogen-bond donors (Lipinski definition) is 1. The molecule has 0 bridgehead atoms. The van der Waals surface area contributed by atoms with E-state index in [1.54, 1.807) is 11.3 Å². The number of para-hydroxylation sites is 1. The fourth-order valence-corrected chi connectivity index (χ4v) is 3.01. The number of furan rings is 1. The molecule has 1 N–H and O–H groups in total. The van der Waals surface area contributed by atoms with Crippen LogP contribution in [0.1, 0.15) is 10.8 Å². The van der Waals surface area contributed by atoms with E-state index in [4.69, 9.17) is 4.42 Å². The predicted molar refractivity (Wildman–Crippen MR) is 76.6 cm³/mol. The SMILES string of the molecule is Brc1ccc(CNCc2nc3ccccc3s2)o1. The fraction of sp³-hybridized carbons (Fsp3) is 0.154. The van der Waals surface area contributed by atoms with Crippen molar-refractivity contribution in [3.63, 3.8) is 0 Å². The van der Waals surface area contributed by atoms with Crippen LogP contribution in [0, 0.1) is 0 Å². The summed E-state index contributed by atoms with van der Waals surface area (Å²) in [5.41, 5.74) is 1.07. The summed E-state index contributed by atoms with van der Waals surface area (Å²) < 4.78 is 7.41. The van der Waals surface area contributed by atoms with E-state index >= 15 is 0 Å². The third kappa shape index (κ3) is 2.63. The number of rotatable bonds is 4. The molecule has 0 aliphatic heterocycles. The number of halogens is 1. The molecule has 1 aromatic carbocycles. The summed E-state index contributed by atoms with van der Waals surface area (Å²) in [5.74, 6) is 0.919. The molecule has 18 heavy (non-hydrogen) atoms.